The Morgan fingerprint density at radius 2 is 2.32 bits per heavy atom. The van der Waals surface area contributed by atoms with Crippen molar-refractivity contribution in [3.8, 4) is 0 Å². The van der Waals surface area contributed by atoms with E-state index >= 15 is 0 Å². The van der Waals surface area contributed by atoms with Crippen molar-refractivity contribution in [2.45, 2.75) is 12.8 Å². The van der Waals surface area contributed by atoms with Gasteiger partial charge in [-0.1, -0.05) is 6.07 Å². The topological polar surface area (TPSA) is 98.4 Å². The van der Waals surface area contributed by atoms with Crippen LogP contribution >= 0.6 is 0 Å². The second-order valence-electron chi connectivity index (χ2n) is 4.88. The molecular formula is C13H16N4O2. The van der Waals surface area contributed by atoms with Crippen LogP contribution < -0.4 is 16.4 Å². The fourth-order valence-corrected chi connectivity index (χ4v) is 2.48. The van der Waals surface area contributed by atoms with Crippen molar-refractivity contribution in [2.24, 2.45) is 11.7 Å². The van der Waals surface area contributed by atoms with Gasteiger partial charge in [0.2, 0.25) is 5.91 Å². The number of nitrogens with zero attached hydrogens (tertiary/aromatic N) is 2. The molecule has 1 atom stereocenters. The predicted octanol–water partition coefficient (Wildman–Crippen LogP) is 1.11. The SMILES string of the molecule is NC(=O)C1CCCN(c2nc3c(N)cccc3o2)C1. The van der Waals surface area contributed by atoms with E-state index in [4.69, 9.17) is 15.9 Å². The van der Waals surface area contributed by atoms with Gasteiger partial charge in [-0.15, -0.1) is 0 Å². The Morgan fingerprint density at radius 3 is 3.05 bits per heavy atom. The van der Waals surface area contributed by atoms with Crippen LogP contribution in [0.5, 0.6) is 0 Å². The van der Waals surface area contributed by atoms with E-state index < -0.39 is 0 Å². The van der Waals surface area contributed by atoms with Gasteiger partial charge >= 0.3 is 0 Å². The van der Waals surface area contributed by atoms with Gasteiger partial charge in [-0.05, 0) is 25.0 Å². The monoisotopic (exact) mass is 260 g/mol. The van der Waals surface area contributed by atoms with Crippen LogP contribution in [0, 0.1) is 5.92 Å². The number of amides is 1. The summed E-state index contributed by atoms with van der Waals surface area (Å²) in [6.45, 7) is 1.37. The van der Waals surface area contributed by atoms with Gasteiger partial charge in [0.1, 0.15) is 5.52 Å². The van der Waals surface area contributed by atoms with Gasteiger partial charge in [-0.3, -0.25) is 4.79 Å². The lowest BCUT2D eigenvalue weighted by Gasteiger charge is -2.29. The fourth-order valence-electron chi connectivity index (χ4n) is 2.48. The highest BCUT2D eigenvalue weighted by Gasteiger charge is 2.26. The van der Waals surface area contributed by atoms with Crippen LogP contribution in [0.15, 0.2) is 22.6 Å². The number of rotatable bonds is 2. The van der Waals surface area contributed by atoms with Crippen molar-refractivity contribution in [3.63, 3.8) is 0 Å². The van der Waals surface area contributed by atoms with Crippen LogP contribution in [0.4, 0.5) is 11.7 Å². The number of benzene rings is 1. The van der Waals surface area contributed by atoms with Crippen LogP contribution in [-0.4, -0.2) is 24.0 Å². The van der Waals surface area contributed by atoms with E-state index in [1.807, 2.05) is 17.0 Å². The summed E-state index contributed by atoms with van der Waals surface area (Å²) in [6, 6.07) is 5.96. The quantitative estimate of drug-likeness (QED) is 0.788. The van der Waals surface area contributed by atoms with Crippen molar-refractivity contribution in [2.75, 3.05) is 23.7 Å². The van der Waals surface area contributed by atoms with Crippen molar-refractivity contribution in [3.05, 3.63) is 18.2 Å². The van der Waals surface area contributed by atoms with E-state index in [-0.39, 0.29) is 11.8 Å². The molecule has 1 fully saturated rings. The molecule has 0 bridgehead atoms. The molecule has 6 heteroatoms. The third-order valence-electron chi connectivity index (χ3n) is 3.53. The molecule has 0 aliphatic carbocycles. The Bertz CT molecular complexity index is 622. The largest absolute Gasteiger partial charge is 0.423 e. The van der Waals surface area contributed by atoms with Gasteiger partial charge in [-0.25, -0.2) is 0 Å². The van der Waals surface area contributed by atoms with Crippen LogP contribution in [0.2, 0.25) is 0 Å². The molecule has 1 aliphatic rings. The molecule has 2 aromatic rings. The van der Waals surface area contributed by atoms with E-state index in [9.17, 15) is 4.79 Å². The number of piperidine rings is 1. The molecule has 0 radical (unpaired) electrons. The maximum atomic E-state index is 11.3. The standard InChI is InChI=1S/C13H16N4O2/c14-9-4-1-5-10-11(9)16-13(19-10)17-6-2-3-8(7-17)12(15)18/h1,4-5,8H,2-3,6-7,14H2,(H2,15,18). The lowest BCUT2D eigenvalue weighted by atomic mass is 9.98. The number of aromatic nitrogens is 1. The summed E-state index contributed by atoms with van der Waals surface area (Å²) in [5.74, 6) is -0.401. The molecule has 3 rings (SSSR count). The highest BCUT2D eigenvalue weighted by molar-refractivity contribution is 5.86. The van der Waals surface area contributed by atoms with E-state index in [0.717, 1.165) is 19.4 Å². The van der Waals surface area contributed by atoms with Crippen LogP contribution in [-0.2, 0) is 4.79 Å². The van der Waals surface area contributed by atoms with E-state index in [2.05, 4.69) is 4.98 Å². The second kappa shape index (κ2) is 4.46. The number of hydrogen-bond acceptors (Lipinski definition) is 5. The smallest absolute Gasteiger partial charge is 0.298 e. The summed E-state index contributed by atoms with van der Waals surface area (Å²) in [6.07, 6.45) is 1.73. The van der Waals surface area contributed by atoms with Gasteiger partial charge in [0.15, 0.2) is 5.58 Å². The first-order valence-electron chi connectivity index (χ1n) is 6.34. The number of anilines is 2. The third kappa shape index (κ3) is 2.09. The molecule has 1 aromatic carbocycles. The minimum Gasteiger partial charge on any atom is -0.423 e. The molecule has 1 amide bonds. The zero-order valence-corrected chi connectivity index (χ0v) is 10.5. The first-order chi connectivity index (χ1) is 9.15. The van der Waals surface area contributed by atoms with Crippen molar-refractivity contribution in [1.29, 1.82) is 0 Å². The van der Waals surface area contributed by atoms with Gasteiger partial charge in [0.05, 0.1) is 11.6 Å². The molecule has 100 valence electrons. The molecule has 0 spiro atoms. The van der Waals surface area contributed by atoms with Gasteiger partial charge < -0.3 is 20.8 Å². The van der Waals surface area contributed by atoms with Crippen molar-refractivity contribution < 1.29 is 9.21 Å². The number of nitrogens with two attached hydrogens (primary N) is 2. The molecule has 1 aromatic heterocycles. The zero-order chi connectivity index (χ0) is 13.4. The molecule has 0 saturated carbocycles. The summed E-state index contributed by atoms with van der Waals surface area (Å²) in [5, 5.41) is 0. The van der Waals surface area contributed by atoms with Crippen LogP contribution in [0.1, 0.15) is 12.8 Å². The maximum absolute atomic E-state index is 11.3. The highest BCUT2D eigenvalue weighted by atomic mass is 16.4. The first-order valence-corrected chi connectivity index (χ1v) is 6.34. The van der Waals surface area contributed by atoms with E-state index in [0.29, 0.717) is 29.3 Å². The maximum Gasteiger partial charge on any atom is 0.298 e. The number of para-hydroxylation sites is 1. The zero-order valence-electron chi connectivity index (χ0n) is 10.5. The number of nitrogen functional groups attached to an aromatic ring is 1. The second-order valence-corrected chi connectivity index (χ2v) is 4.88. The minimum absolute atomic E-state index is 0.138. The Kier molecular flexibility index (Phi) is 2.77. The van der Waals surface area contributed by atoms with E-state index in [1.165, 1.54) is 0 Å². The number of carbonyl (C=O) groups is 1. The third-order valence-corrected chi connectivity index (χ3v) is 3.53. The lowest BCUT2D eigenvalue weighted by molar-refractivity contribution is -0.122. The van der Waals surface area contributed by atoms with Crippen LogP contribution in [0.3, 0.4) is 0 Å². The summed E-state index contributed by atoms with van der Waals surface area (Å²) < 4.78 is 5.70. The Balaban J connectivity index is 1.91. The molecule has 1 unspecified atom stereocenters. The number of oxazole rings is 1. The van der Waals surface area contributed by atoms with Gasteiger partial charge in [0.25, 0.3) is 6.01 Å². The summed E-state index contributed by atoms with van der Waals surface area (Å²) in [4.78, 5) is 17.7. The fraction of sp³-hybridized carbons (Fsp3) is 0.385. The molecule has 2 heterocycles. The minimum atomic E-state index is -0.264. The average Bonchev–Trinajstić information content (AvgIpc) is 2.84. The Hall–Kier alpha value is -2.24. The summed E-state index contributed by atoms with van der Waals surface area (Å²) in [7, 11) is 0. The van der Waals surface area contributed by atoms with Gasteiger partial charge in [0, 0.05) is 13.1 Å². The first kappa shape index (κ1) is 11.8. The average molecular weight is 260 g/mol. The van der Waals surface area contributed by atoms with Crippen molar-refractivity contribution in [1.82, 2.24) is 4.98 Å². The Labute approximate surface area is 110 Å². The Morgan fingerprint density at radius 1 is 1.47 bits per heavy atom. The normalized spacial score (nSPS) is 19.8. The lowest BCUT2D eigenvalue weighted by Crippen LogP contribution is -2.41. The summed E-state index contributed by atoms with van der Waals surface area (Å²) >= 11 is 0. The van der Waals surface area contributed by atoms with Crippen molar-refractivity contribution >= 4 is 28.7 Å². The van der Waals surface area contributed by atoms with Gasteiger partial charge in [-0.2, -0.15) is 4.98 Å². The summed E-state index contributed by atoms with van der Waals surface area (Å²) in [5.41, 5.74) is 13.2. The highest BCUT2D eigenvalue weighted by Crippen LogP contribution is 2.28. The predicted molar refractivity (Wildman–Crippen MR) is 72.6 cm³/mol. The molecule has 6 nitrogen and oxygen atoms in total. The number of hydrogen-bond donors (Lipinski definition) is 2. The molecule has 1 aliphatic heterocycles. The number of carbonyl (C=O) groups excluding carboxylic acids is 1. The number of fused-ring (bicyclic) bond motifs is 1. The van der Waals surface area contributed by atoms with E-state index in [1.54, 1.807) is 6.07 Å². The molecule has 1 saturated heterocycles. The molecular weight excluding hydrogens is 244 g/mol. The number of primary amides is 1. The molecule has 4 N–H and O–H groups in total. The molecule has 19 heavy (non-hydrogen) atoms. The van der Waals surface area contributed by atoms with Crippen LogP contribution in [0.25, 0.3) is 11.1 Å².